The minimum absolute atomic E-state index is 0.193. The molecule has 0 amide bonds. The van der Waals surface area contributed by atoms with Crippen molar-refractivity contribution in [1.29, 1.82) is 0 Å². The highest BCUT2D eigenvalue weighted by Crippen LogP contribution is 2.33. The van der Waals surface area contributed by atoms with Gasteiger partial charge in [-0.15, -0.1) is 0 Å². The van der Waals surface area contributed by atoms with E-state index in [1.54, 1.807) is 13.0 Å². The largest absolute Gasteiger partial charge is 0.451 e. The van der Waals surface area contributed by atoms with Crippen LogP contribution in [-0.4, -0.2) is 0 Å². The van der Waals surface area contributed by atoms with E-state index in [-0.39, 0.29) is 11.5 Å². The van der Waals surface area contributed by atoms with E-state index < -0.39 is 23.5 Å². The summed E-state index contributed by atoms with van der Waals surface area (Å²) in [5.74, 6) is -3.48. The van der Waals surface area contributed by atoms with Crippen molar-refractivity contribution in [3.8, 4) is 11.5 Å². The molecule has 2 rings (SSSR count). The SMILES string of the molecule is CC(N)c1cccc(F)c1Oc1cccc(F)c1F. The average Bonchev–Trinajstić information content (AvgIpc) is 2.36. The summed E-state index contributed by atoms with van der Waals surface area (Å²) in [6, 6.07) is 7.16. The highest BCUT2D eigenvalue weighted by Gasteiger charge is 2.17. The van der Waals surface area contributed by atoms with Crippen LogP contribution in [0.3, 0.4) is 0 Å². The Hall–Kier alpha value is -2.01. The molecule has 2 nitrogen and oxygen atoms in total. The van der Waals surface area contributed by atoms with Gasteiger partial charge in [0.25, 0.3) is 0 Å². The van der Waals surface area contributed by atoms with Gasteiger partial charge in [0.1, 0.15) is 0 Å². The third kappa shape index (κ3) is 2.71. The van der Waals surface area contributed by atoms with E-state index >= 15 is 0 Å². The van der Waals surface area contributed by atoms with Gasteiger partial charge in [0.15, 0.2) is 23.1 Å². The molecule has 0 radical (unpaired) electrons. The molecular weight excluding hydrogens is 255 g/mol. The summed E-state index contributed by atoms with van der Waals surface area (Å²) in [5, 5.41) is 0. The van der Waals surface area contributed by atoms with E-state index in [2.05, 4.69) is 0 Å². The van der Waals surface area contributed by atoms with Gasteiger partial charge in [-0.25, -0.2) is 8.78 Å². The first kappa shape index (κ1) is 13.4. The van der Waals surface area contributed by atoms with E-state index in [1.807, 2.05) is 0 Å². The zero-order chi connectivity index (χ0) is 14.0. The van der Waals surface area contributed by atoms with Crippen molar-refractivity contribution in [2.24, 2.45) is 5.73 Å². The van der Waals surface area contributed by atoms with Gasteiger partial charge in [0.2, 0.25) is 5.82 Å². The molecule has 2 aromatic carbocycles. The molecule has 0 aromatic heterocycles. The minimum atomic E-state index is -1.17. The van der Waals surface area contributed by atoms with Crippen molar-refractivity contribution < 1.29 is 17.9 Å². The second-order valence-electron chi connectivity index (χ2n) is 4.10. The van der Waals surface area contributed by atoms with Crippen molar-refractivity contribution in [3.63, 3.8) is 0 Å². The average molecular weight is 267 g/mol. The Morgan fingerprint density at radius 3 is 2.32 bits per heavy atom. The predicted molar refractivity (Wildman–Crippen MR) is 65.4 cm³/mol. The zero-order valence-corrected chi connectivity index (χ0v) is 10.2. The third-order valence-electron chi connectivity index (χ3n) is 2.62. The number of ether oxygens (including phenoxy) is 1. The molecule has 0 aliphatic heterocycles. The summed E-state index contributed by atoms with van der Waals surface area (Å²) in [5.41, 5.74) is 6.07. The Labute approximate surface area is 108 Å². The maximum atomic E-state index is 13.7. The summed E-state index contributed by atoms with van der Waals surface area (Å²) in [7, 11) is 0. The molecule has 0 spiro atoms. The highest BCUT2D eigenvalue weighted by atomic mass is 19.2. The minimum Gasteiger partial charge on any atom is -0.451 e. The van der Waals surface area contributed by atoms with E-state index in [9.17, 15) is 13.2 Å². The van der Waals surface area contributed by atoms with Gasteiger partial charge in [0, 0.05) is 11.6 Å². The lowest BCUT2D eigenvalue weighted by atomic mass is 10.1. The number of hydrogen-bond acceptors (Lipinski definition) is 2. The van der Waals surface area contributed by atoms with Crippen molar-refractivity contribution >= 4 is 0 Å². The molecule has 0 heterocycles. The number of rotatable bonds is 3. The van der Waals surface area contributed by atoms with Crippen LogP contribution in [0.25, 0.3) is 0 Å². The quantitative estimate of drug-likeness (QED) is 0.914. The fourth-order valence-corrected chi connectivity index (χ4v) is 1.66. The lowest BCUT2D eigenvalue weighted by molar-refractivity contribution is 0.391. The maximum absolute atomic E-state index is 13.7. The van der Waals surface area contributed by atoms with E-state index in [1.165, 1.54) is 24.3 Å². The molecule has 100 valence electrons. The summed E-state index contributed by atoms with van der Waals surface area (Å²) >= 11 is 0. The molecule has 2 N–H and O–H groups in total. The van der Waals surface area contributed by atoms with Crippen LogP contribution in [0.1, 0.15) is 18.5 Å². The molecule has 2 aromatic rings. The van der Waals surface area contributed by atoms with Crippen LogP contribution in [0.2, 0.25) is 0 Å². The van der Waals surface area contributed by atoms with Gasteiger partial charge in [-0.3, -0.25) is 0 Å². The summed E-state index contributed by atoms with van der Waals surface area (Å²) < 4.78 is 45.4. The van der Waals surface area contributed by atoms with Gasteiger partial charge in [-0.1, -0.05) is 18.2 Å². The van der Waals surface area contributed by atoms with Crippen LogP contribution in [0, 0.1) is 17.5 Å². The fourth-order valence-electron chi connectivity index (χ4n) is 1.66. The lowest BCUT2D eigenvalue weighted by Gasteiger charge is -2.14. The van der Waals surface area contributed by atoms with Gasteiger partial charge in [-0.05, 0) is 25.1 Å². The molecule has 0 fully saturated rings. The summed E-state index contributed by atoms with van der Waals surface area (Å²) in [6.07, 6.45) is 0. The topological polar surface area (TPSA) is 35.2 Å². The van der Waals surface area contributed by atoms with Gasteiger partial charge >= 0.3 is 0 Å². The molecule has 0 aliphatic carbocycles. The standard InChI is InChI=1S/C14H12F3NO/c1-8(18)9-4-2-6-11(16)14(9)19-12-7-3-5-10(15)13(12)17/h2-8H,18H2,1H3. The van der Waals surface area contributed by atoms with Crippen LogP contribution in [0.15, 0.2) is 36.4 Å². The number of para-hydroxylation sites is 1. The van der Waals surface area contributed by atoms with Gasteiger partial charge < -0.3 is 10.5 Å². The Morgan fingerprint density at radius 1 is 1.00 bits per heavy atom. The zero-order valence-electron chi connectivity index (χ0n) is 10.2. The molecule has 19 heavy (non-hydrogen) atoms. The van der Waals surface area contributed by atoms with E-state index in [0.717, 1.165) is 6.07 Å². The van der Waals surface area contributed by atoms with Crippen molar-refractivity contribution in [2.75, 3.05) is 0 Å². The number of nitrogens with two attached hydrogens (primary N) is 1. The molecular formula is C14H12F3NO. The molecule has 5 heteroatoms. The van der Waals surface area contributed by atoms with Crippen molar-refractivity contribution in [2.45, 2.75) is 13.0 Å². The first-order valence-corrected chi connectivity index (χ1v) is 5.66. The summed E-state index contributed by atoms with van der Waals surface area (Å²) in [4.78, 5) is 0. The molecule has 0 aliphatic rings. The van der Waals surface area contributed by atoms with Crippen LogP contribution in [-0.2, 0) is 0 Å². The molecule has 1 unspecified atom stereocenters. The first-order chi connectivity index (χ1) is 9.00. The smallest absolute Gasteiger partial charge is 0.201 e. The molecule has 1 atom stereocenters. The summed E-state index contributed by atoms with van der Waals surface area (Å²) in [6.45, 7) is 1.64. The van der Waals surface area contributed by atoms with Crippen LogP contribution in [0.5, 0.6) is 11.5 Å². The van der Waals surface area contributed by atoms with Crippen molar-refractivity contribution in [3.05, 3.63) is 59.4 Å². The predicted octanol–water partition coefficient (Wildman–Crippen LogP) is 3.92. The van der Waals surface area contributed by atoms with Crippen LogP contribution < -0.4 is 10.5 Å². The van der Waals surface area contributed by atoms with Crippen LogP contribution in [0.4, 0.5) is 13.2 Å². The Balaban J connectivity index is 2.46. The molecule has 0 bridgehead atoms. The number of hydrogen-bond donors (Lipinski definition) is 1. The fraction of sp³-hybridized carbons (Fsp3) is 0.143. The normalized spacial score (nSPS) is 12.3. The molecule has 0 saturated carbocycles. The highest BCUT2D eigenvalue weighted by molar-refractivity contribution is 5.41. The lowest BCUT2D eigenvalue weighted by Crippen LogP contribution is -2.08. The number of halogens is 3. The Kier molecular flexibility index (Phi) is 3.76. The van der Waals surface area contributed by atoms with Crippen LogP contribution >= 0.6 is 0 Å². The second-order valence-corrected chi connectivity index (χ2v) is 4.10. The monoisotopic (exact) mass is 267 g/mol. The third-order valence-corrected chi connectivity index (χ3v) is 2.62. The van der Waals surface area contributed by atoms with Gasteiger partial charge in [-0.2, -0.15) is 4.39 Å². The maximum Gasteiger partial charge on any atom is 0.201 e. The first-order valence-electron chi connectivity index (χ1n) is 5.66. The number of benzene rings is 2. The Morgan fingerprint density at radius 2 is 1.63 bits per heavy atom. The van der Waals surface area contributed by atoms with E-state index in [0.29, 0.717) is 5.56 Å². The Bertz CT molecular complexity index is 599. The molecule has 0 saturated heterocycles. The van der Waals surface area contributed by atoms with E-state index in [4.69, 9.17) is 10.5 Å². The van der Waals surface area contributed by atoms with Gasteiger partial charge in [0.05, 0.1) is 0 Å². The second kappa shape index (κ2) is 5.32. The van der Waals surface area contributed by atoms with Crippen molar-refractivity contribution in [1.82, 2.24) is 0 Å².